The van der Waals surface area contributed by atoms with Crippen molar-refractivity contribution >= 4 is 0 Å². The molecule has 1 fully saturated rings. The quantitative estimate of drug-likeness (QED) is 0.868. The molecule has 0 aromatic carbocycles. The summed E-state index contributed by atoms with van der Waals surface area (Å²) >= 11 is 0. The van der Waals surface area contributed by atoms with Crippen LogP contribution in [-0.2, 0) is 13.0 Å². The zero-order valence-electron chi connectivity index (χ0n) is 11.6. The Morgan fingerprint density at radius 1 is 1.25 bits per heavy atom. The van der Waals surface area contributed by atoms with Gasteiger partial charge in [-0.1, -0.05) is 18.1 Å². The van der Waals surface area contributed by atoms with E-state index in [9.17, 15) is 0 Å². The average Bonchev–Trinajstić information content (AvgIpc) is 3.18. The van der Waals surface area contributed by atoms with E-state index in [1.54, 1.807) is 0 Å². The van der Waals surface area contributed by atoms with E-state index in [1.165, 1.54) is 25.7 Å². The molecule has 0 unspecified atom stereocenters. The third-order valence-corrected chi connectivity index (χ3v) is 3.86. The smallest absolute Gasteiger partial charge is 0.0867 e. The third-order valence-electron chi connectivity index (χ3n) is 3.86. The van der Waals surface area contributed by atoms with Crippen molar-refractivity contribution < 1.29 is 5.11 Å². The van der Waals surface area contributed by atoms with Gasteiger partial charge in [0.15, 0.2) is 0 Å². The van der Waals surface area contributed by atoms with Gasteiger partial charge in [-0.25, -0.2) is 4.68 Å². The third kappa shape index (κ3) is 3.07. The van der Waals surface area contributed by atoms with E-state index in [2.05, 4.69) is 32.4 Å². The Morgan fingerprint density at radius 3 is 2.90 bits per heavy atom. The van der Waals surface area contributed by atoms with E-state index in [0.717, 1.165) is 24.2 Å². The van der Waals surface area contributed by atoms with E-state index in [-0.39, 0.29) is 6.61 Å². The molecule has 6 nitrogen and oxygen atoms in total. The van der Waals surface area contributed by atoms with Gasteiger partial charge >= 0.3 is 0 Å². The van der Waals surface area contributed by atoms with Crippen LogP contribution in [0.15, 0.2) is 18.5 Å². The molecule has 2 aromatic heterocycles. The highest BCUT2D eigenvalue weighted by atomic mass is 16.2. The molecule has 0 saturated heterocycles. The Bertz CT molecular complexity index is 541. The van der Waals surface area contributed by atoms with Crippen LogP contribution in [-0.4, -0.2) is 36.5 Å². The van der Waals surface area contributed by atoms with E-state index >= 15 is 0 Å². The summed E-state index contributed by atoms with van der Waals surface area (Å²) < 4.78 is 3.92. The number of aryl methyl sites for hydroxylation is 1. The fourth-order valence-corrected chi connectivity index (χ4v) is 2.79. The normalized spacial score (nSPS) is 16.1. The van der Waals surface area contributed by atoms with Crippen molar-refractivity contribution in [2.45, 2.75) is 51.1 Å². The number of aromatic nitrogens is 5. The molecule has 2 aromatic rings. The first-order chi connectivity index (χ1) is 9.85. The first-order valence-electron chi connectivity index (χ1n) is 7.39. The Kier molecular flexibility index (Phi) is 4.11. The van der Waals surface area contributed by atoms with Crippen LogP contribution in [0.3, 0.4) is 0 Å². The standard InChI is InChI=1S/C14H21N5O/c20-9-3-4-12-10-18(17-15-12)11-13-7-8-19(16-13)14-5-1-2-6-14/h7-8,10,14,20H,1-6,9,11H2. The molecule has 0 atom stereocenters. The van der Waals surface area contributed by atoms with E-state index < -0.39 is 0 Å². The minimum Gasteiger partial charge on any atom is -0.396 e. The van der Waals surface area contributed by atoms with Crippen LogP contribution in [0, 0.1) is 0 Å². The minimum atomic E-state index is 0.193. The van der Waals surface area contributed by atoms with Gasteiger partial charge in [0, 0.05) is 19.0 Å². The predicted octanol–water partition coefficient (Wildman–Crippen LogP) is 1.56. The van der Waals surface area contributed by atoms with Crippen LogP contribution in [0.5, 0.6) is 0 Å². The molecule has 6 heteroatoms. The van der Waals surface area contributed by atoms with Crippen molar-refractivity contribution in [3.8, 4) is 0 Å². The van der Waals surface area contributed by atoms with Crippen molar-refractivity contribution in [2.24, 2.45) is 0 Å². The summed E-state index contributed by atoms with van der Waals surface area (Å²) in [5, 5.41) is 21.7. The predicted molar refractivity (Wildman–Crippen MR) is 74.3 cm³/mol. The molecule has 0 spiro atoms. The summed E-state index contributed by atoms with van der Waals surface area (Å²) in [5.74, 6) is 0. The number of hydrogen-bond acceptors (Lipinski definition) is 4. The topological polar surface area (TPSA) is 68.8 Å². The maximum absolute atomic E-state index is 8.81. The van der Waals surface area contributed by atoms with Crippen LogP contribution >= 0.6 is 0 Å². The SMILES string of the molecule is OCCCc1cn(Cc2ccn(C3CCCC3)n2)nn1. The lowest BCUT2D eigenvalue weighted by Gasteiger charge is -2.08. The molecule has 1 aliphatic rings. The summed E-state index contributed by atoms with van der Waals surface area (Å²) in [7, 11) is 0. The summed E-state index contributed by atoms with van der Waals surface area (Å²) in [4.78, 5) is 0. The second kappa shape index (κ2) is 6.17. The van der Waals surface area contributed by atoms with Gasteiger partial charge in [0.1, 0.15) is 0 Å². The highest BCUT2D eigenvalue weighted by Crippen LogP contribution is 2.28. The summed E-state index contributed by atoms with van der Waals surface area (Å²) in [6.45, 7) is 0.852. The molecular formula is C14H21N5O. The molecule has 20 heavy (non-hydrogen) atoms. The van der Waals surface area contributed by atoms with Gasteiger partial charge in [-0.2, -0.15) is 5.10 Å². The first-order valence-corrected chi connectivity index (χ1v) is 7.39. The second-order valence-corrected chi connectivity index (χ2v) is 5.46. The van der Waals surface area contributed by atoms with Crippen molar-refractivity contribution in [3.05, 3.63) is 29.8 Å². The van der Waals surface area contributed by atoms with Crippen LogP contribution < -0.4 is 0 Å². The number of hydrogen-bond donors (Lipinski definition) is 1. The highest BCUT2D eigenvalue weighted by Gasteiger charge is 2.17. The van der Waals surface area contributed by atoms with Gasteiger partial charge in [-0.15, -0.1) is 5.10 Å². The van der Waals surface area contributed by atoms with E-state index in [1.807, 2.05) is 10.9 Å². The largest absolute Gasteiger partial charge is 0.396 e. The zero-order valence-corrected chi connectivity index (χ0v) is 11.6. The lowest BCUT2D eigenvalue weighted by molar-refractivity contribution is 0.288. The van der Waals surface area contributed by atoms with Gasteiger partial charge in [0.2, 0.25) is 0 Å². The fraction of sp³-hybridized carbons (Fsp3) is 0.643. The molecular weight excluding hydrogens is 254 g/mol. The Hall–Kier alpha value is -1.69. The van der Waals surface area contributed by atoms with Gasteiger partial charge in [0.25, 0.3) is 0 Å². The maximum atomic E-state index is 8.81. The molecule has 0 radical (unpaired) electrons. The van der Waals surface area contributed by atoms with E-state index in [4.69, 9.17) is 5.11 Å². The molecule has 1 saturated carbocycles. The van der Waals surface area contributed by atoms with Gasteiger partial charge in [-0.3, -0.25) is 4.68 Å². The van der Waals surface area contributed by atoms with E-state index in [0.29, 0.717) is 12.6 Å². The number of rotatable bonds is 6. The number of aliphatic hydroxyl groups excluding tert-OH is 1. The van der Waals surface area contributed by atoms with Crippen LogP contribution in [0.1, 0.15) is 49.5 Å². The molecule has 1 N–H and O–H groups in total. The minimum absolute atomic E-state index is 0.193. The molecule has 2 heterocycles. The molecule has 3 rings (SSSR count). The fourth-order valence-electron chi connectivity index (χ4n) is 2.79. The summed E-state index contributed by atoms with van der Waals surface area (Å²) in [6.07, 6.45) is 10.6. The first kappa shape index (κ1) is 13.3. The molecule has 1 aliphatic carbocycles. The van der Waals surface area contributed by atoms with Gasteiger partial charge in [-0.05, 0) is 31.7 Å². The Labute approximate surface area is 118 Å². The van der Waals surface area contributed by atoms with Crippen molar-refractivity contribution in [1.82, 2.24) is 24.8 Å². The van der Waals surface area contributed by atoms with Gasteiger partial charge < -0.3 is 5.11 Å². The van der Waals surface area contributed by atoms with Crippen molar-refractivity contribution in [1.29, 1.82) is 0 Å². The second-order valence-electron chi connectivity index (χ2n) is 5.46. The average molecular weight is 275 g/mol. The van der Waals surface area contributed by atoms with Crippen molar-refractivity contribution in [2.75, 3.05) is 6.61 Å². The number of aliphatic hydroxyl groups is 1. The summed E-state index contributed by atoms with van der Waals surface area (Å²) in [5.41, 5.74) is 1.95. The lowest BCUT2D eigenvalue weighted by atomic mass is 10.3. The molecule has 0 aliphatic heterocycles. The van der Waals surface area contributed by atoms with Crippen LogP contribution in [0.25, 0.3) is 0 Å². The molecule has 0 bridgehead atoms. The molecule has 108 valence electrons. The molecule has 0 amide bonds. The highest BCUT2D eigenvalue weighted by molar-refractivity contribution is 5.02. The lowest BCUT2D eigenvalue weighted by Crippen LogP contribution is -2.07. The number of nitrogens with zero attached hydrogens (tertiary/aromatic N) is 5. The van der Waals surface area contributed by atoms with Crippen LogP contribution in [0.2, 0.25) is 0 Å². The Morgan fingerprint density at radius 2 is 2.10 bits per heavy atom. The maximum Gasteiger partial charge on any atom is 0.0867 e. The van der Waals surface area contributed by atoms with Crippen molar-refractivity contribution in [3.63, 3.8) is 0 Å². The monoisotopic (exact) mass is 275 g/mol. The summed E-state index contributed by atoms with van der Waals surface area (Å²) in [6, 6.07) is 2.65. The van der Waals surface area contributed by atoms with Gasteiger partial charge in [0.05, 0.1) is 24.0 Å². The zero-order chi connectivity index (χ0) is 13.8. The van der Waals surface area contributed by atoms with Crippen LogP contribution in [0.4, 0.5) is 0 Å². The Balaban J connectivity index is 1.61.